The lowest BCUT2D eigenvalue weighted by atomic mass is 10.1. The van der Waals surface area contributed by atoms with Gasteiger partial charge in [0, 0.05) is 16.0 Å². The molecular formula is C16H18N2O2S. The van der Waals surface area contributed by atoms with Crippen molar-refractivity contribution in [2.75, 3.05) is 18.6 Å². The molecule has 1 saturated carbocycles. The van der Waals surface area contributed by atoms with Crippen LogP contribution in [0.1, 0.15) is 19.3 Å². The number of pyridine rings is 1. The van der Waals surface area contributed by atoms with E-state index >= 15 is 0 Å². The van der Waals surface area contributed by atoms with Crippen molar-refractivity contribution < 1.29 is 9.53 Å². The molecule has 1 heterocycles. The highest BCUT2D eigenvalue weighted by Crippen LogP contribution is 2.53. The van der Waals surface area contributed by atoms with Crippen molar-refractivity contribution in [3.63, 3.8) is 0 Å². The average Bonchev–Trinajstić information content (AvgIpc) is 3.26. The summed E-state index contributed by atoms with van der Waals surface area (Å²) < 4.78 is 4.79. The summed E-state index contributed by atoms with van der Waals surface area (Å²) in [4.78, 5) is 16.9. The van der Waals surface area contributed by atoms with Crippen LogP contribution in [-0.4, -0.2) is 23.8 Å². The number of ether oxygens (including phenoxy) is 1. The van der Waals surface area contributed by atoms with Crippen LogP contribution in [0.3, 0.4) is 0 Å². The van der Waals surface area contributed by atoms with Crippen molar-refractivity contribution in [3.8, 4) is 0 Å². The molecule has 1 aromatic heterocycles. The first-order valence-corrected chi connectivity index (χ1v) is 7.95. The number of carbonyl (C=O) groups is 1. The molecule has 2 N–H and O–H groups in total. The monoisotopic (exact) mass is 302 g/mol. The molecule has 110 valence electrons. The smallest absolute Gasteiger partial charge is 0.306 e. The number of benzene rings is 1. The third-order valence-corrected chi connectivity index (χ3v) is 5.48. The van der Waals surface area contributed by atoms with Gasteiger partial charge in [0.1, 0.15) is 0 Å². The Hall–Kier alpha value is -1.75. The number of esters is 1. The third kappa shape index (κ3) is 2.97. The van der Waals surface area contributed by atoms with Gasteiger partial charge in [0.15, 0.2) is 0 Å². The SMILES string of the molecule is COC(=O)CC1(CSc2c(N)cnc3ccccc23)CC1. The maximum absolute atomic E-state index is 11.5. The Morgan fingerprint density at radius 3 is 2.90 bits per heavy atom. The second-order valence-electron chi connectivity index (χ2n) is 5.60. The average molecular weight is 302 g/mol. The Morgan fingerprint density at radius 1 is 1.43 bits per heavy atom. The second kappa shape index (κ2) is 5.56. The maximum Gasteiger partial charge on any atom is 0.306 e. The number of nitrogen functional groups attached to an aromatic ring is 1. The number of thioether (sulfide) groups is 1. The van der Waals surface area contributed by atoms with Crippen molar-refractivity contribution in [1.29, 1.82) is 0 Å². The minimum absolute atomic E-state index is 0.0918. The molecule has 1 aromatic carbocycles. The fourth-order valence-corrected chi connectivity index (χ4v) is 3.83. The Labute approximate surface area is 128 Å². The molecule has 0 unspecified atom stereocenters. The van der Waals surface area contributed by atoms with Crippen LogP contribution in [0.2, 0.25) is 0 Å². The number of hydrogen-bond donors (Lipinski definition) is 1. The molecule has 0 saturated heterocycles. The lowest BCUT2D eigenvalue weighted by Crippen LogP contribution is -2.13. The van der Waals surface area contributed by atoms with E-state index in [4.69, 9.17) is 10.5 Å². The number of hydrogen-bond acceptors (Lipinski definition) is 5. The first-order valence-electron chi connectivity index (χ1n) is 6.96. The number of fused-ring (bicyclic) bond motifs is 1. The molecule has 0 aliphatic heterocycles. The van der Waals surface area contributed by atoms with Gasteiger partial charge in [-0.2, -0.15) is 0 Å². The molecule has 1 fully saturated rings. The lowest BCUT2D eigenvalue weighted by Gasteiger charge is -2.15. The van der Waals surface area contributed by atoms with Crippen molar-refractivity contribution in [2.45, 2.75) is 24.2 Å². The van der Waals surface area contributed by atoms with E-state index < -0.39 is 0 Å². The van der Waals surface area contributed by atoms with Crippen molar-refractivity contribution in [3.05, 3.63) is 30.5 Å². The minimum atomic E-state index is -0.124. The largest absolute Gasteiger partial charge is 0.469 e. The van der Waals surface area contributed by atoms with Gasteiger partial charge in [-0.1, -0.05) is 18.2 Å². The van der Waals surface area contributed by atoms with E-state index in [1.165, 1.54) is 7.11 Å². The van der Waals surface area contributed by atoms with E-state index in [1.54, 1.807) is 18.0 Å². The normalized spacial score (nSPS) is 15.9. The standard InChI is InChI=1S/C16H18N2O2S/c1-20-14(19)8-16(6-7-16)10-21-15-11-4-2-3-5-13(11)18-9-12(15)17/h2-5,9H,6-8,10,17H2,1H3. The van der Waals surface area contributed by atoms with Crippen molar-refractivity contribution in [2.24, 2.45) is 5.41 Å². The predicted octanol–water partition coefficient (Wildman–Crippen LogP) is 3.25. The number of anilines is 1. The highest BCUT2D eigenvalue weighted by atomic mass is 32.2. The zero-order valence-electron chi connectivity index (χ0n) is 12.0. The minimum Gasteiger partial charge on any atom is -0.469 e. The Kier molecular flexibility index (Phi) is 3.76. The highest BCUT2D eigenvalue weighted by molar-refractivity contribution is 7.99. The number of carbonyl (C=O) groups excluding carboxylic acids is 1. The summed E-state index contributed by atoms with van der Waals surface area (Å²) in [6.07, 6.45) is 4.38. The summed E-state index contributed by atoms with van der Waals surface area (Å²) in [5.74, 6) is 0.765. The van der Waals surface area contributed by atoms with E-state index in [1.807, 2.05) is 24.3 Å². The first kappa shape index (κ1) is 14.2. The van der Waals surface area contributed by atoms with Crippen LogP contribution in [0.25, 0.3) is 10.9 Å². The van der Waals surface area contributed by atoms with Crippen LogP contribution in [0.4, 0.5) is 5.69 Å². The molecule has 1 aliphatic rings. The van der Waals surface area contributed by atoms with Crippen LogP contribution < -0.4 is 5.73 Å². The van der Waals surface area contributed by atoms with Crippen LogP contribution >= 0.6 is 11.8 Å². The molecule has 21 heavy (non-hydrogen) atoms. The van der Waals surface area contributed by atoms with Gasteiger partial charge in [0.2, 0.25) is 0 Å². The molecule has 0 amide bonds. The molecule has 3 rings (SSSR count). The topological polar surface area (TPSA) is 65.2 Å². The van der Waals surface area contributed by atoms with Crippen molar-refractivity contribution in [1.82, 2.24) is 4.98 Å². The number of nitrogens with two attached hydrogens (primary N) is 1. The maximum atomic E-state index is 11.5. The van der Waals surface area contributed by atoms with E-state index in [0.29, 0.717) is 12.1 Å². The molecule has 0 radical (unpaired) electrons. The van der Waals surface area contributed by atoms with Crippen LogP contribution in [-0.2, 0) is 9.53 Å². The zero-order chi connectivity index (χ0) is 14.9. The number of nitrogens with zero attached hydrogens (tertiary/aromatic N) is 1. The Morgan fingerprint density at radius 2 is 2.19 bits per heavy atom. The predicted molar refractivity (Wildman–Crippen MR) is 85.2 cm³/mol. The fourth-order valence-electron chi connectivity index (χ4n) is 2.45. The van der Waals surface area contributed by atoms with E-state index in [2.05, 4.69) is 4.98 Å². The number of methoxy groups -OCH3 is 1. The zero-order valence-corrected chi connectivity index (χ0v) is 12.8. The fraction of sp³-hybridized carbons (Fsp3) is 0.375. The molecule has 0 bridgehead atoms. The van der Waals surface area contributed by atoms with E-state index in [-0.39, 0.29) is 11.4 Å². The summed E-state index contributed by atoms with van der Waals surface area (Å²) in [6.45, 7) is 0. The molecule has 1 aliphatic carbocycles. The quantitative estimate of drug-likeness (QED) is 0.678. The first-order chi connectivity index (χ1) is 10.1. The molecular weight excluding hydrogens is 284 g/mol. The molecule has 0 spiro atoms. The number of para-hydroxylation sites is 1. The van der Waals surface area contributed by atoms with Gasteiger partial charge in [-0.15, -0.1) is 11.8 Å². The number of aromatic nitrogens is 1. The van der Waals surface area contributed by atoms with Gasteiger partial charge >= 0.3 is 5.97 Å². The summed E-state index contributed by atoms with van der Waals surface area (Å²) in [6, 6.07) is 8.00. The van der Waals surface area contributed by atoms with Crippen LogP contribution in [0, 0.1) is 5.41 Å². The van der Waals surface area contributed by atoms with Crippen molar-refractivity contribution >= 4 is 34.3 Å². The van der Waals surface area contributed by atoms with Gasteiger partial charge in [0.25, 0.3) is 0 Å². The Bertz CT molecular complexity index is 683. The van der Waals surface area contributed by atoms with E-state index in [0.717, 1.165) is 34.4 Å². The van der Waals surface area contributed by atoms with Gasteiger partial charge in [-0.3, -0.25) is 9.78 Å². The molecule has 4 nitrogen and oxygen atoms in total. The second-order valence-corrected chi connectivity index (χ2v) is 6.59. The summed E-state index contributed by atoms with van der Waals surface area (Å²) in [5, 5.41) is 1.08. The molecule has 5 heteroatoms. The van der Waals surface area contributed by atoms with Crippen LogP contribution in [0.5, 0.6) is 0 Å². The van der Waals surface area contributed by atoms with Gasteiger partial charge < -0.3 is 10.5 Å². The Balaban J connectivity index is 1.79. The third-order valence-electron chi connectivity index (χ3n) is 3.98. The lowest BCUT2D eigenvalue weighted by molar-refractivity contribution is -0.141. The van der Waals surface area contributed by atoms with Gasteiger partial charge in [-0.05, 0) is 24.3 Å². The summed E-state index contributed by atoms with van der Waals surface area (Å²) in [5.41, 5.74) is 7.83. The molecule has 2 aromatic rings. The molecule has 0 atom stereocenters. The number of rotatable bonds is 5. The van der Waals surface area contributed by atoms with Gasteiger partial charge in [-0.25, -0.2) is 0 Å². The highest BCUT2D eigenvalue weighted by Gasteiger charge is 2.44. The van der Waals surface area contributed by atoms with Gasteiger partial charge in [0.05, 0.1) is 30.9 Å². The van der Waals surface area contributed by atoms with Crippen LogP contribution in [0.15, 0.2) is 35.4 Å². The van der Waals surface area contributed by atoms with E-state index in [9.17, 15) is 4.79 Å². The summed E-state index contributed by atoms with van der Waals surface area (Å²) in [7, 11) is 1.44. The summed E-state index contributed by atoms with van der Waals surface area (Å²) >= 11 is 1.73.